The van der Waals surface area contributed by atoms with Crippen molar-refractivity contribution in [2.45, 2.75) is 12.5 Å². The first-order valence-electron chi connectivity index (χ1n) is 5.28. The molecule has 0 unspecified atom stereocenters. The van der Waals surface area contributed by atoms with Crippen molar-refractivity contribution in [1.82, 2.24) is 0 Å². The van der Waals surface area contributed by atoms with Crippen LogP contribution in [-0.2, 0) is 11.2 Å². The van der Waals surface area contributed by atoms with Crippen LogP contribution in [0.15, 0.2) is 29.4 Å². The molecule has 0 fully saturated rings. The van der Waals surface area contributed by atoms with Crippen molar-refractivity contribution in [3.05, 3.63) is 29.8 Å². The van der Waals surface area contributed by atoms with Gasteiger partial charge in [-0.15, -0.1) is 0 Å². The molecule has 0 saturated heterocycles. The van der Waals surface area contributed by atoms with E-state index < -0.39 is 12.0 Å². The molecule has 0 aliphatic carbocycles. The van der Waals surface area contributed by atoms with Gasteiger partial charge in [-0.2, -0.15) is 15.6 Å². The lowest BCUT2D eigenvalue weighted by Gasteiger charge is -2.07. The van der Waals surface area contributed by atoms with Gasteiger partial charge in [0.1, 0.15) is 18.2 Å². The molecule has 96 valence electrons. The van der Waals surface area contributed by atoms with Gasteiger partial charge in [-0.3, -0.25) is 10.2 Å². The van der Waals surface area contributed by atoms with Crippen LogP contribution in [0.5, 0.6) is 0 Å². The van der Waals surface area contributed by atoms with E-state index in [4.69, 9.17) is 21.4 Å². The molecule has 0 bridgehead atoms. The first kappa shape index (κ1) is 14.2. The predicted octanol–water partition coefficient (Wildman–Crippen LogP) is 0.456. The standard InChI is InChI=1S/C12H11N5O2/c13-6-10(7-14)17-16-9-3-1-8(2-4-9)5-11(15)12(18)19/h1-4,11,16H,5,15H2,(H,18,19)/t11-/m0/s1. The third-order valence-electron chi connectivity index (χ3n) is 2.24. The van der Waals surface area contributed by atoms with E-state index in [1.54, 1.807) is 36.4 Å². The molecule has 1 aromatic rings. The summed E-state index contributed by atoms with van der Waals surface area (Å²) in [7, 11) is 0. The Balaban J connectivity index is 2.68. The monoisotopic (exact) mass is 257 g/mol. The van der Waals surface area contributed by atoms with Crippen molar-refractivity contribution in [1.29, 1.82) is 10.5 Å². The molecule has 0 spiro atoms. The SMILES string of the molecule is N#CC(C#N)=NNc1ccc(C[C@H](N)C(=O)O)cc1. The smallest absolute Gasteiger partial charge is 0.320 e. The fourth-order valence-corrected chi connectivity index (χ4v) is 1.25. The highest BCUT2D eigenvalue weighted by atomic mass is 16.4. The Bertz CT molecular complexity index is 549. The zero-order chi connectivity index (χ0) is 14.3. The summed E-state index contributed by atoms with van der Waals surface area (Å²) in [6.07, 6.45) is 0.223. The number of carboxylic acids is 1. The van der Waals surface area contributed by atoms with Gasteiger partial charge in [0.05, 0.1) is 5.69 Å². The number of hydrogen-bond donors (Lipinski definition) is 3. The highest BCUT2D eigenvalue weighted by Crippen LogP contribution is 2.11. The molecular weight excluding hydrogens is 246 g/mol. The lowest BCUT2D eigenvalue weighted by molar-refractivity contribution is -0.138. The number of hydrazone groups is 1. The van der Waals surface area contributed by atoms with Gasteiger partial charge in [0.25, 0.3) is 0 Å². The third kappa shape index (κ3) is 4.46. The van der Waals surface area contributed by atoms with Crippen molar-refractivity contribution < 1.29 is 9.90 Å². The average Bonchev–Trinajstić information content (AvgIpc) is 2.41. The van der Waals surface area contributed by atoms with E-state index in [9.17, 15) is 4.79 Å². The first-order valence-corrected chi connectivity index (χ1v) is 5.28. The second kappa shape index (κ2) is 6.74. The first-order chi connectivity index (χ1) is 9.06. The van der Waals surface area contributed by atoms with Gasteiger partial charge in [0.2, 0.25) is 5.71 Å². The summed E-state index contributed by atoms with van der Waals surface area (Å²) >= 11 is 0. The van der Waals surface area contributed by atoms with E-state index >= 15 is 0 Å². The number of nitrogens with one attached hydrogen (secondary N) is 1. The maximum Gasteiger partial charge on any atom is 0.320 e. The van der Waals surface area contributed by atoms with Crippen molar-refractivity contribution >= 4 is 17.4 Å². The van der Waals surface area contributed by atoms with Crippen LogP contribution in [0.4, 0.5) is 5.69 Å². The zero-order valence-electron chi connectivity index (χ0n) is 9.87. The Kier molecular flexibility index (Phi) is 5.03. The summed E-state index contributed by atoms with van der Waals surface area (Å²) in [6, 6.07) is 8.98. The fourth-order valence-electron chi connectivity index (χ4n) is 1.25. The lowest BCUT2D eigenvalue weighted by Crippen LogP contribution is -2.32. The van der Waals surface area contributed by atoms with Crippen molar-refractivity contribution in [3.63, 3.8) is 0 Å². The molecule has 7 nitrogen and oxygen atoms in total. The van der Waals surface area contributed by atoms with Gasteiger partial charge in [0, 0.05) is 0 Å². The van der Waals surface area contributed by atoms with Crippen molar-refractivity contribution in [3.8, 4) is 12.1 Å². The summed E-state index contributed by atoms with van der Waals surface area (Å²) in [6.45, 7) is 0. The average molecular weight is 257 g/mol. The van der Waals surface area contributed by atoms with Gasteiger partial charge >= 0.3 is 5.97 Å². The largest absolute Gasteiger partial charge is 0.480 e. The minimum Gasteiger partial charge on any atom is -0.480 e. The van der Waals surface area contributed by atoms with Crippen LogP contribution in [0.2, 0.25) is 0 Å². The number of carbonyl (C=O) groups is 1. The Labute approximate surface area is 109 Å². The Morgan fingerprint density at radius 1 is 1.37 bits per heavy atom. The number of carboxylic acid groups (broad SMARTS) is 1. The fraction of sp³-hybridized carbons (Fsp3) is 0.167. The number of nitrogens with two attached hydrogens (primary N) is 1. The number of anilines is 1. The Morgan fingerprint density at radius 2 is 1.95 bits per heavy atom. The number of benzene rings is 1. The summed E-state index contributed by atoms with van der Waals surface area (Å²) in [5.74, 6) is -1.06. The topological polar surface area (TPSA) is 135 Å². The van der Waals surface area contributed by atoms with Gasteiger partial charge in [-0.1, -0.05) is 12.1 Å². The van der Waals surface area contributed by atoms with Crippen LogP contribution in [-0.4, -0.2) is 22.8 Å². The Morgan fingerprint density at radius 3 is 2.42 bits per heavy atom. The third-order valence-corrected chi connectivity index (χ3v) is 2.24. The molecule has 4 N–H and O–H groups in total. The molecule has 0 aliphatic rings. The molecule has 7 heteroatoms. The molecule has 0 aromatic heterocycles. The molecule has 0 saturated carbocycles. The summed E-state index contributed by atoms with van der Waals surface area (Å²) in [5.41, 5.74) is 9.02. The second-order valence-corrected chi connectivity index (χ2v) is 3.64. The molecule has 0 radical (unpaired) electrons. The van der Waals surface area contributed by atoms with E-state index in [-0.39, 0.29) is 12.1 Å². The van der Waals surface area contributed by atoms with Crippen LogP contribution >= 0.6 is 0 Å². The number of nitrogens with zero attached hydrogens (tertiary/aromatic N) is 3. The van der Waals surface area contributed by atoms with Gasteiger partial charge in [-0.05, 0) is 24.1 Å². The molecule has 1 atom stereocenters. The maximum absolute atomic E-state index is 10.6. The van der Waals surface area contributed by atoms with Crippen molar-refractivity contribution in [2.75, 3.05) is 5.43 Å². The second-order valence-electron chi connectivity index (χ2n) is 3.64. The van der Waals surface area contributed by atoms with Crippen LogP contribution in [0.1, 0.15) is 5.56 Å². The predicted molar refractivity (Wildman–Crippen MR) is 68.0 cm³/mol. The molecule has 0 heterocycles. The van der Waals surface area contributed by atoms with Crippen molar-refractivity contribution in [2.24, 2.45) is 10.8 Å². The minimum absolute atomic E-state index is 0.223. The lowest BCUT2D eigenvalue weighted by atomic mass is 10.1. The van der Waals surface area contributed by atoms with E-state index in [1.807, 2.05) is 0 Å². The van der Waals surface area contributed by atoms with Crippen LogP contribution in [0.3, 0.4) is 0 Å². The van der Waals surface area contributed by atoms with E-state index in [1.165, 1.54) is 0 Å². The molecule has 1 rings (SSSR count). The Hall–Kier alpha value is -2.90. The zero-order valence-corrected chi connectivity index (χ0v) is 9.87. The molecule has 0 amide bonds. The quantitative estimate of drug-likeness (QED) is 0.517. The van der Waals surface area contributed by atoms with Crippen LogP contribution in [0.25, 0.3) is 0 Å². The highest BCUT2D eigenvalue weighted by molar-refractivity contribution is 6.10. The highest BCUT2D eigenvalue weighted by Gasteiger charge is 2.11. The van der Waals surface area contributed by atoms with Gasteiger partial charge in [-0.25, -0.2) is 0 Å². The van der Waals surface area contributed by atoms with E-state index in [2.05, 4.69) is 10.5 Å². The molecule has 19 heavy (non-hydrogen) atoms. The summed E-state index contributed by atoms with van der Waals surface area (Å²) in [4.78, 5) is 10.6. The van der Waals surface area contributed by atoms with Gasteiger partial charge < -0.3 is 10.8 Å². The number of aliphatic carboxylic acids is 1. The van der Waals surface area contributed by atoms with E-state index in [0.29, 0.717) is 5.69 Å². The molecule has 1 aromatic carbocycles. The number of nitriles is 2. The number of rotatable bonds is 5. The molecular formula is C12H11N5O2. The van der Waals surface area contributed by atoms with Crippen LogP contribution < -0.4 is 11.2 Å². The number of hydrogen-bond acceptors (Lipinski definition) is 6. The maximum atomic E-state index is 10.6. The van der Waals surface area contributed by atoms with Gasteiger partial charge in [0.15, 0.2) is 0 Å². The summed E-state index contributed by atoms with van der Waals surface area (Å²) < 4.78 is 0. The minimum atomic E-state index is -1.06. The van der Waals surface area contributed by atoms with E-state index in [0.717, 1.165) is 5.56 Å². The summed E-state index contributed by atoms with van der Waals surface area (Å²) in [5, 5.41) is 29.2. The van der Waals surface area contributed by atoms with Crippen LogP contribution in [0, 0.1) is 22.7 Å². The normalized spacial score (nSPS) is 10.7. The molecule has 0 aliphatic heterocycles.